The minimum absolute atomic E-state index is 0.0554. The van der Waals surface area contributed by atoms with Gasteiger partial charge in [0.25, 0.3) is 0 Å². The third kappa shape index (κ3) is 6.73. The smallest absolute Gasteiger partial charge is 0.246 e. The fraction of sp³-hybridized carbons (Fsp3) is 0.750. The topological polar surface area (TPSA) is 49.4 Å². The van der Waals surface area contributed by atoms with Gasteiger partial charge in [0.1, 0.15) is 0 Å². The van der Waals surface area contributed by atoms with E-state index in [2.05, 4.69) is 11.9 Å². The molecule has 0 spiro atoms. The number of carbonyl (C=O) groups is 2. The van der Waals surface area contributed by atoms with Gasteiger partial charge in [0.05, 0.1) is 0 Å². The molecule has 1 N–H and O–H groups in total. The van der Waals surface area contributed by atoms with Crippen LogP contribution in [-0.2, 0) is 9.59 Å². The maximum Gasteiger partial charge on any atom is 0.246 e. The Morgan fingerprint density at radius 2 is 1.95 bits per heavy atom. The summed E-state index contributed by atoms with van der Waals surface area (Å²) >= 11 is 0. The van der Waals surface area contributed by atoms with Crippen molar-refractivity contribution in [3.05, 3.63) is 12.2 Å². The Morgan fingerprint density at radius 1 is 1.20 bits per heavy atom. The quantitative estimate of drug-likeness (QED) is 0.549. The summed E-state index contributed by atoms with van der Waals surface area (Å²) in [4.78, 5) is 25.1. The molecule has 1 fully saturated rings. The Hall–Kier alpha value is -1.32. The van der Waals surface area contributed by atoms with Crippen molar-refractivity contribution in [2.75, 3.05) is 19.6 Å². The molecule has 1 saturated heterocycles. The van der Waals surface area contributed by atoms with Crippen LogP contribution in [0.1, 0.15) is 58.3 Å². The van der Waals surface area contributed by atoms with E-state index in [0.29, 0.717) is 18.0 Å². The van der Waals surface area contributed by atoms with Crippen molar-refractivity contribution in [1.29, 1.82) is 0 Å². The standard InChI is InChI=1S/C16H28N2O2/c1-14(2)16(20)17-11-7-3-4-8-12-18-13-9-5-6-10-15(18)19/h1,3-13H2,2H3,(H,17,20). The molecule has 1 aliphatic heterocycles. The number of unbranched alkanes of at least 4 members (excludes halogenated alkanes) is 3. The molecule has 20 heavy (non-hydrogen) atoms. The van der Waals surface area contributed by atoms with Gasteiger partial charge in [-0.05, 0) is 32.6 Å². The molecule has 0 atom stereocenters. The molecule has 0 aromatic rings. The molecule has 0 radical (unpaired) electrons. The van der Waals surface area contributed by atoms with Crippen molar-refractivity contribution in [3.8, 4) is 0 Å². The second-order valence-electron chi connectivity index (χ2n) is 5.64. The van der Waals surface area contributed by atoms with Gasteiger partial charge in [-0.1, -0.05) is 25.8 Å². The van der Waals surface area contributed by atoms with Gasteiger partial charge in [-0.25, -0.2) is 0 Å². The van der Waals surface area contributed by atoms with Crippen LogP contribution in [0.3, 0.4) is 0 Å². The second-order valence-corrected chi connectivity index (χ2v) is 5.64. The normalized spacial score (nSPS) is 15.8. The number of hydrogen-bond acceptors (Lipinski definition) is 2. The summed E-state index contributed by atoms with van der Waals surface area (Å²) in [5.74, 6) is 0.274. The monoisotopic (exact) mass is 280 g/mol. The van der Waals surface area contributed by atoms with E-state index >= 15 is 0 Å². The zero-order valence-electron chi connectivity index (χ0n) is 12.7. The van der Waals surface area contributed by atoms with Gasteiger partial charge in [-0.15, -0.1) is 0 Å². The largest absolute Gasteiger partial charge is 0.352 e. The molecule has 2 amide bonds. The fourth-order valence-electron chi connectivity index (χ4n) is 2.41. The Kier molecular flexibility index (Phi) is 8.00. The summed E-state index contributed by atoms with van der Waals surface area (Å²) in [6, 6.07) is 0. The lowest BCUT2D eigenvalue weighted by Crippen LogP contribution is -2.31. The predicted octanol–water partition coefficient (Wildman–Crippen LogP) is 2.64. The molecule has 0 unspecified atom stereocenters. The molecular weight excluding hydrogens is 252 g/mol. The zero-order chi connectivity index (χ0) is 14.8. The van der Waals surface area contributed by atoms with E-state index in [1.807, 2.05) is 4.90 Å². The molecule has 1 rings (SSSR count). The lowest BCUT2D eigenvalue weighted by atomic mass is 10.2. The molecule has 0 aliphatic carbocycles. The van der Waals surface area contributed by atoms with Gasteiger partial charge in [0, 0.05) is 31.6 Å². The minimum Gasteiger partial charge on any atom is -0.352 e. The van der Waals surface area contributed by atoms with Crippen LogP contribution in [-0.4, -0.2) is 36.3 Å². The molecule has 1 aliphatic rings. The highest BCUT2D eigenvalue weighted by atomic mass is 16.2. The summed E-state index contributed by atoms with van der Waals surface area (Å²) in [6.45, 7) is 7.87. The highest BCUT2D eigenvalue weighted by molar-refractivity contribution is 5.91. The van der Waals surface area contributed by atoms with Crippen LogP contribution in [0, 0.1) is 0 Å². The number of hydrogen-bond donors (Lipinski definition) is 1. The van der Waals surface area contributed by atoms with Crippen LogP contribution in [0.2, 0.25) is 0 Å². The SMILES string of the molecule is C=C(C)C(=O)NCCCCCCN1CCCCCC1=O. The highest BCUT2D eigenvalue weighted by Crippen LogP contribution is 2.12. The highest BCUT2D eigenvalue weighted by Gasteiger charge is 2.15. The van der Waals surface area contributed by atoms with Crippen LogP contribution < -0.4 is 5.32 Å². The van der Waals surface area contributed by atoms with Gasteiger partial charge < -0.3 is 10.2 Å². The summed E-state index contributed by atoms with van der Waals surface area (Å²) in [5, 5.41) is 2.83. The first kappa shape index (κ1) is 16.7. The zero-order valence-corrected chi connectivity index (χ0v) is 12.7. The van der Waals surface area contributed by atoms with Crippen molar-refractivity contribution in [1.82, 2.24) is 10.2 Å². The molecule has 4 heteroatoms. The van der Waals surface area contributed by atoms with Crippen molar-refractivity contribution in [3.63, 3.8) is 0 Å². The van der Waals surface area contributed by atoms with Crippen LogP contribution in [0.4, 0.5) is 0 Å². The molecule has 0 saturated carbocycles. The molecule has 0 bridgehead atoms. The maximum absolute atomic E-state index is 11.8. The van der Waals surface area contributed by atoms with Gasteiger partial charge in [-0.3, -0.25) is 9.59 Å². The number of nitrogens with zero attached hydrogens (tertiary/aromatic N) is 1. The lowest BCUT2D eigenvalue weighted by Gasteiger charge is -2.20. The van der Waals surface area contributed by atoms with Gasteiger partial charge in [0.2, 0.25) is 11.8 Å². The minimum atomic E-state index is -0.0554. The number of amides is 2. The summed E-state index contributed by atoms with van der Waals surface area (Å²) in [6.07, 6.45) is 8.40. The first-order valence-electron chi connectivity index (χ1n) is 7.82. The van der Waals surface area contributed by atoms with Gasteiger partial charge in [-0.2, -0.15) is 0 Å². The van der Waals surface area contributed by atoms with Crippen LogP contribution in [0.25, 0.3) is 0 Å². The molecule has 0 aromatic heterocycles. The van der Waals surface area contributed by atoms with Gasteiger partial charge >= 0.3 is 0 Å². The lowest BCUT2D eigenvalue weighted by molar-refractivity contribution is -0.130. The van der Waals surface area contributed by atoms with E-state index in [1.54, 1.807) is 6.92 Å². The van der Waals surface area contributed by atoms with Gasteiger partial charge in [0.15, 0.2) is 0 Å². The molecular formula is C16H28N2O2. The Morgan fingerprint density at radius 3 is 2.70 bits per heavy atom. The number of nitrogens with one attached hydrogen (secondary N) is 1. The molecule has 0 aromatic carbocycles. The Bertz CT molecular complexity index is 339. The Balaban J connectivity index is 2.00. The second kappa shape index (κ2) is 9.56. The summed E-state index contributed by atoms with van der Waals surface area (Å²) < 4.78 is 0. The van der Waals surface area contributed by atoms with E-state index < -0.39 is 0 Å². The summed E-state index contributed by atoms with van der Waals surface area (Å²) in [7, 11) is 0. The Labute approximate surface area is 122 Å². The van der Waals surface area contributed by atoms with E-state index in [9.17, 15) is 9.59 Å². The van der Waals surface area contributed by atoms with Crippen LogP contribution in [0.5, 0.6) is 0 Å². The first-order valence-corrected chi connectivity index (χ1v) is 7.82. The molecule has 4 nitrogen and oxygen atoms in total. The van der Waals surface area contributed by atoms with E-state index in [0.717, 1.165) is 58.0 Å². The average molecular weight is 280 g/mol. The number of rotatable bonds is 8. The van der Waals surface area contributed by atoms with E-state index in [-0.39, 0.29) is 5.91 Å². The number of likely N-dealkylation sites (tertiary alicyclic amines) is 1. The molecule has 114 valence electrons. The maximum atomic E-state index is 11.8. The van der Waals surface area contributed by atoms with Crippen molar-refractivity contribution >= 4 is 11.8 Å². The van der Waals surface area contributed by atoms with E-state index in [4.69, 9.17) is 0 Å². The van der Waals surface area contributed by atoms with E-state index in [1.165, 1.54) is 6.42 Å². The van der Waals surface area contributed by atoms with Crippen molar-refractivity contribution < 1.29 is 9.59 Å². The van der Waals surface area contributed by atoms with Crippen LogP contribution in [0.15, 0.2) is 12.2 Å². The fourth-order valence-corrected chi connectivity index (χ4v) is 2.41. The van der Waals surface area contributed by atoms with Crippen molar-refractivity contribution in [2.45, 2.75) is 58.3 Å². The van der Waals surface area contributed by atoms with Crippen LogP contribution >= 0.6 is 0 Å². The number of carbonyl (C=O) groups excluding carboxylic acids is 2. The predicted molar refractivity (Wildman–Crippen MR) is 81.3 cm³/mol. The average Bonchev–Trinajstić information content (AvgIpc) is 2.62. The first-order chi connectivity index (χ1) is 9.61. The molecule has 1 heterocycles. The van der Waals surface area contributed by atoms with Crippen molar-refractivity contribution in [2.24, 2.45) is 0 Å². The third-order valence-electron chi connectivity index (χ3n) is 3.70. The summed E-state index contributed by atoms with van der Waals surface area (Å²) in [5.41, 5.74) is 0.560. The third-order valence-corrected chi connectivity index (χ3v) is 3.70.